The zero-order chi connectivity index (χ0) is 17.2. The second-order valence-corrected chi connectivity index (χ2v) is 6.97. The Bertz CT molecular complexity index is 913. The topological polar surface area (TPSA) is 55.1 Å². The van der Waals surface area contributed by atoms with Crippen LogP contribution < -0.4 is 5.32 Å². The molecule has 3 aromatic rings. The Morgan fingerprint density at radius 2 is 1.96 bits per heavy atom. The van der Waals surface area contributed by atoms with E-state index in [2.05, 4.69) is 10.3 Å². The van der Waals surface area contributed by atoms with Gasteiger partial charge in [-0.1, -0.05) is 36.9 Å². The molecule has 25 heavy (non-hydrogen) atoms. The third kappa shape index (κ3) is 3.54. The summed E-state index contributed by atoms with van der Waals surface area (Å²) in [6, 6.07) is 13.0. The van der Waals surface area contributed by atoms with Gasteiger partial charge in [-0.25, -0.2) is 4.98 Å². The Hall–Kier alpha value is -2.33. The van der Waals surface area contributed by atoms with Crippen LogP contribution in [0.2, 0.25) is 5.02 Å². The Kier molecular flexibility index (Phi) is 4.45. The van der Waals surface area contributed by atoms with Crippen LogP contribution in [0.15, 0.2) is 46.9 Å². The van der Waals surface area contributed by atoms with E-state index in [-0.39, 0.29) is 11.8 Å². The third-order valence-electron chi connectivity index (χ3n) is 4.70. The summed E-state index contributed by atoms with van der Waals surface area (Å²) < 4.78 is 5.80. The van der Waals surface area contributed by atoms with Crippen molar-refractivity contribution in [1.29, 1.82) is 0 Å². The van der Waals surface area contributed by atoms with Crippen LogP contribution >= 0.6 is 11.6 Å². The summed E-state index contributed by atoms with van der Waals surface area (Å²) in [6.45, 7) is 0. The fraction of sp³-hybridized carbons (Fsp3) is 0.300. The predicted molar refractivity (Wildman–Crippen MR) is 99.7 cm³/mol. The van der Waals surface area contributed by atoms with Crippen LogP contribution in [0.4, 0.5) is 5.69 Å². The van der Waals surface area contributed by atoms with E-state index in [1.54, 1.807) is 0 Å². The first-order chi connectivity index (χ1) is 12.2. The molecule has 0 bridgehead atoms. The van der Waals surface area contributed by atoms with Gasteiger partial charge in [0.25, 0.3) is 0 Å². The van der Waals surface area contributed by atoms with E-state index in [9.17, 15) is 4.79 Å². The number of rotatable bonds is 3. The monoisotopic (exact) mass is 354 g/mol. The molecule has 0 unspecified atom stereocenters. The van der Waals surface area contributed by atoms with Crippen molar-refractivity contribution < 1.29 is 9.21 Å². The number of oxazole rings is 1. The largest absolute Gasteiger partial charge is 0.436 e. The van der Waals surface area contributed by atoms with Crippen molar-refractivity contribution >= 4 is 34.3 Å². The molecule has 0 spiro atoms. The minimum absolute atomic E-state index is 0.109. The Morgan fingerprint density at radius 3 is 2.76 bits per heavy atom. The van der Waals surface area contributed by atoms with Gasteiger partial charge in [-0.05, 0) is 49.2 Å². The normalized spacial score (nSPS) is 15.4. The number of carbonyl (C=O) groups excluding carboxylic acids is 1. The lowest BCUT2D eigenvalue weighted by Gasteiger charge is -2.20. The number of hydrogen-bond acceptors (Lipinski definition) is 3. The molecule has 1 heterocycles. The molecule has 0 saturated heterocycles. The summed E-state index contributed by atoms with van der Waals surface area (Å²) >= 11 is 6.03. The van der Waals surface area contributed by atoms with Crippen LogP contribution in [0.5, 0.6) is 0 Å². The number of carbonyl (C=O) groups is 1. The molecule has 1 aliphatic rings. The summed E-state index contributed by atoms with van der Waals surface area (Å²) in [5, 5.41) is 3.66. The fourth-order valence-corrected chi connectivity index (χ4v) is 3.55. The standard InChI is InChI=1S/C20H19ClN2O2/c21-15-8-4-7-14(11-15)20-23-17-12-16(9-10-18(17)25-20)22-19(24)13-5-2-1-3-6-13/h4,7-13H,1-3,5-6H2,(H,22,24). The predicted octanol–water partition coefficient (Wildman–Crippen LogP) is 5.67. The molecule has 1 fully saturated rings. The van der Waals surface area contributed by atoms with Crippen LogP contribution in [0.3, 0.4) is 0 Å². The number of benzene rings is 2. The van der Waals surface area contributed by atoms with Gasteiger partial charge in [0.1, 0.15) is 5.52 Å². The highest BCUT2D eigenvalue weighted by Gasteiger charge is 2.21. The highest BCUT2D eigenvalue weighted by molar-refractivity contribution is 6.30. The van der Waals surface area contributed by atoms with Gasteiger partial charge < -0.3 is 9.73 Å². The van der Waals surface area contributed by atoms with Crippen LogP contribution in [0.25, 0.3) is 22.6 Å². The molecule has 1 saturated carbocycles. The molecular formula is C20H19ClN2O2. The molecule has 0 radical (unpaired) electrons. The zero-order valence-corrected chi connectivity index (χ0v) is 14.6. The van der Waals surface area contributed by atoms with E-state index in [0.717, 1.165) is 42.5 Å². The summed E-state index contributed by atoms with van der Waals surface area (Å²) in [7, 11) is 0. The molecular weight excluding hydrogens is 336 g/mol. The molecule has 1 aliphatic carbocycles. The summed E-state index contributed by atoms with van der Waals surface area (Å²) in [5.74, 6) is 0.759. The molecule has 2 aromatic carbocycles. The van der Waals surface area contributed by atoms with E-state index in [4.69, 9.17) is 16.0 Å². The molecule has 1 amide bonds. The number of amides is 1. The average Bonchev–Trinajstić information content (AvgIpc) is 3.06. The molecule has 1 aromatic heterocycles. The van der Waals surface area contributed by atoms with Crippen molar-refractivity contribution in [3.05, 3.63) is 47.5 Å². The van der Waals surface area contributed by atoms with Gasteiger partial charge in [0.05, 0.1) is 0 Å². The van der Waals surface area contributed by atoms with E-state index in [0.29, 0.717) is 16.5 Å². The highest BCUT2D eigenvalue weighted by atomic mass is 35.5. The molecule has 5 heteroatoms. The maximum Gasteiger partial charge on any atom is 0.227 e. The number of aromatic nitrogens is 1. The molecule has 4 rings (SSSR count). The van der Waals surface area contributed by atoms with E-state index < -0.39 is 0 Å². The van der Waals surface area contributed by atoms with Crippen LogP contribution in [0.1, 0.15) is 32.1 Å². The van der Waals surface area contributed by atoms with Gasteiger partial charge in [0.15, 0.2) is 5.58 Å². The van der Waals surface area contributed by atoms with Crippen LogP contribution in [0, 0.1) is 5.92 Å². The van der Waals surface area contributed by atoms with E-state index in [1.165, 1.54) is 6.42 Å². The Balaban J connectivity index is 1.56. The van der Waals surface area contributed by atoms with Gasteiger partial charge >= 0.3 is 0 Å². The fourth-order valence-electron chi connectivity index (χ4n) is 3.36. The van der Waals surface area contributed by atoms with Crippen molar-refractivity contribution in [2.24, 2.45) is 5.92 Å². The van der Waals surface area contributed by atoms with E-state index in [1.807, 2.05) is 42.5 Å². The lowest BCUT2D eigenvalue weighted by atomic mass is 9.88. The van der Waals surface area contributed by atoms with Crippen molar-refractivity contribution in [2.45, 2.75) is 32.1 Å². The zero-order valence-electron chi connectivity index (χ0n) is 13.8. The second-order valence-electron chi connectivity index (χ2n) is 6.54. The van der Waals surface area contributed by atoms with Crippen molar-refractivity contribution in [3.63, 3.8) is 0 Å². The molecule has 0 aliphatic heterocycles. The van der Waals surface area contributed by atoms with Crippen LogP contribution in [-0.4, -0.2) is 10.9 Å². The number of fused-ring (bicyclic) bond motifs is 1. The number of halogens is 1. The van der Waals surface area contributed by atoms with Gasteiger partial charge in [0, 0.05) is 22.2 Å². The number of hydrogen-bond donors (Lipinski definition) is 1. The lowest BCUT2D eigenvalue weighted by Crippen LogP contribution is -2.24. The van der Waals surface area contributed by atoms with E-state index >= 15 is 0 Å². The summed E-state index contributed by atoms with van der Waals surface area (Å²) in [6.07, 6.45) is 5.49. The molecule has 1 N–H and O–H groups in total. The summed E-state index contributed by atoms with van der Waals surface area (Å²) in [4.78, 5) is 16.9. The minimum atomic E-state index is 0.109. The smallest absolute Gasteiger partial charge is 0.227 e. The second kappa shape index (κ2) is 6.89. The van der Waals surface area contributed by atoms with Crippen molar-refractivity contribution in [2.75, 3.05) is 5.32 Å². The number of anilines is 1. The quantitative estimate of drug-likeness (QED) is 0.659. The Labute approximate surface area is 151 Å². The molecule has 128 valence electrons. The molecule has 4 nitrogen and oxygen atoms in total. The number of nitrogens with one attached hydrogen (secondary N) is 1. The summed E-state index contributed by atoms with van der Waals surface area (Å²) in [5.41, 5.74) is 2.99. The SMILES string of the molecule is O=C(Nc1ccc2oc(-c3cccc(Cl)c3)nc2c1)C1CCCCC1. The van der Waals surface area contributed by atoms with Crippen molar-refractivity contribution in [3.8, 4) is 11.5 Å². The maximum absolute atomic E-state index is 12.4. The van der Waals surface area contributed by atoms with Crippen molar-refractivity contribution in [1.82, 2.24) is 4.98 Å². The highest BCUT2D eigenvalue weighted by Crippen LogP contribution is 2.29. The first-order valence-corrected chi connectivity index (χ1v) is 9.04. The average molecular weight is 355 g/mol. The van der Waals surface area contributed by atoms with Crippen LogP contribution in [-0.2, 0) is 4.79 Å². The van der Waals surface area contributed by atoms with Gasteiger partial charge in [-0.3, -0.25) is 4.79 Å². The van der Waals surface area contributed by atoms with Gasteiger partial charge in [-0.15, -0.1) is 0 Å². The first kappa shape index (κ1) is 16.2. The minimum Gasteiger partial charge on any atom is -0.436 e. The maximum atomic E-state index is 12.4. The molecule has 0 atom stereocenters. The van der Waals surface area contributed by atoms with Gasteiger partial charge in [-0.2, -0.15) is 0 Å². The Morgan fingerprint density at radius 1 is 1.12 bits per heavy atom. The van der Waals surface area contributed by atoms with Gasteiger partial charge in [0.2, 0.25) is 11.8 Å². The third-order valence-corrected chi connectivity index (χ3v) is 4.94. The lowest BCUT2D eigenvalue weighted by molar-refractivity contribution is -0.120. The number of nitrogens with zero attached hydrogens (tertiary/aromatic N) is 1. The first-order valence-electron chi connectivity index (χ1n) is 8.66.